The molecule has 154 valence electrons. The first kappa shape index (κ1) is 19.2. The lowest BCUT2D eigenvalue weighted by atomic mass is 9.78. The Bertz CT molecular complexity index is 982. The molecule has 0 atom stereocenters. The number of hydrogen-bond donors (Lipinski definition) is 1. The molecule has 0 aromatic carbocycles. The monoisotopic (exact) mass is 411 g/mol. The number of hydrogen-bond acceptors (Lipinski definition) is 5. The number of pyridine rings is 1. The van der Waals surface area contributed by atoms with Crippen LogP contribution in [-0.2, 0) is 11.8 Å². The fourth-order valence-electron chi connectivity index (χ4n) is 4.95. The molecule has 2 aliphatic rings. The summed E-state index contributed by atoms with van der Waals surface area (Å²) >= 11 is 4.58. The molecule has 3 aromatic heterocycles. The van der Waals surface area contributed by atoms with Crippen molar-refractivity contribution in [3.8, 4) is 11.1 Å². The molecule has 0 N–H and O–H groups in total. The lowest BCUT2D eigenvalue weighted by Gasteiger charge is -2.34. The Labute approximate surface area is 177 Å². The smallest absolute Gasteiger partial charge is 0.150 e. The molecule has 5 rings (SSSR count). The van der Waals surface area contributed by atoms with Gasteiger partial charge in [-0.15, -0.1) is 0 Å². The van der Waals surface area contributed by atoms with Gasteiger partial charge in [0.05, 0.1) is 19.4 Å². The van der Waals surface area contributed by atoms with Crippen LogP contribution in [0.4, 0.5) is 0 Å². The van der Waals surface area contributed by atoms with E-state index in [-0.39, 0.29) is 0 Å². The van der Waals surface area contributed by atoms with Crippen molar-refractivity contribution in [1.82, 2.24) is 23.6 Å². The standard InChI is InChI=1S/C22H29N5OS/c1-25-14-19(12-24-25)21-15-27(29)22-20(21)10-18(11-23-22)17-4-2-16(3-5-17)13-26-6-8-28-9-7-26/h10-12,14-17,29H,2-9,13H2,1H3. The molecule has 0 amide bonds. The fraction of sp³-hybridized carbons (Fsp3) is 0.545. The van der Waals surface area contributed by atoms with Crippen molar-refractivity contribution in [3.05, 3.63) is 36.4 Å². The minimum atomic E-state index is 0.609. The quantitative estimate of drug-likeness (QED) is 0.665. The number of fused-ring (bicyclic) bond motifs is 1. The molecule has 1 aliphatic carbocycles. The molecule has 0 radical (unpaired) electrons. The lowest BCUT2D eigenvalue weighted by Crippen LogP contribution is -2.40. The van der Waals surface area contributed by atoms with Gasteiger partial charge in [-0.1, -0.05) is 12.8 Å². The highest BCUT2D eigenvalue weighted by Crippen LogP contribution is 2.38. The molecule has 2 fully saturated rings. The van der Waals surface area contributed by atoms with Crippen molar-refractivity contribution in [2.45, 2.75) is 31.6 Å². The molecule has 1 saturated carbocycles. The highest BCUT2D eigenvalue weighted by atomic mass is 32.1. The Balaban J connectivity index is 1.32. The van der Waals surface area contributed by atoms with Crippen LogP contribution in [0.5, 0.6) is 0 Å². The maximum atomic E-state index is 5.48. The van der Waals surface area contributed by atoms with Gasteiger partial charge in [-0.3, -0.25) is 13.6 Å². The van der Waals surface area contributed by atoms with E-state index in [1.807, 2.05) is 34.3 Å². The average Bonchev–Trinajstić information content (AvgIpc) is 3.32. The van der Waals surface area contributed by atoms with Crippen LogP contribution >= 0.6 is 12.8 Å². The van der Waals surface area contributed by atoms with Crippen LogP contribution in [-0.4, -0.2) is 56.5 Å². The number of aromatic nitrogens is 4. The number of ether oxygens (including phenoxy) is 1. The summed E-state index contributed by atoms with van der Waals surface area (Å²) in [6, 6.07) is 2.34. The van der Waals surface area contributed by atoms with Gasteiger partial charge in [-0.25, -0.2) is 4.98 Å². The Hall–Kier alpha value is -1.83. The molecule has 4 heterocycles. The van der Waals surface area contributed by atoms with Crippen LogP contribution in [0.25, 0.3) is 22.2 Å². The van der Waals surface area contributed by atoms with Crippen LogP contribution in [0.1, 0.15) is 37.2 Å². The zero-order valence-electron chi connectivity index (χ0n) is 17.0. The van der Waals surface area contributed by atoms with E-state index in [0.29, 0.717) is 5.92 Å². The first-order valence-corrected chi connectivity index (χ1v) is 11.1. The number of morpholine rings is 1. The third-order valence-electron chi connectivity index (χ3n) is 6.60. The minimum Gasteiger partial charge on any atom is -0.379 e. The number of nitrogens with zero attached hydrogens (tertiary/aromatic N) is 5. The van der Waals surface area contributed by atoms with E-state index in [9.17, 15) is 0 Å². The van der Waals surface area contributed by atoms with Gasteiger partial charge in [0.15, 0.2) is 0 Å². The summed E-state index contributed by atoms with van der Waals surface area (Å²) < 4.78 is 9.14. The number of rotatable bonds is 4. The van der Waals surface area contributed by atoms with Crippen LogP contribution < -0.4 is 0 Å². The molecule has 3 aromatic rings. The molecule has 0 bridgehead atoms. The highest BCUT2D eigenvalue weighted by Gasteiger charge is 2.25. The third-order valence-corrected chi connectivity index (χ3v) is 6.91. The molecule has 1 saturated heterocycles. The molecular formula is C22H29N5OS. The molecule has 29 heavy (non-hydrogen) atoms. The van der Waals surface area contributed by atoms with E-state index < -0.39 is 0 Å². The number of thiol groups is 1. The van der Waals surface area contributed by atoms with E-state index >= 15 is 0 Å². The van der Waals surface area contributed by atoms with Gasteiger partial charge in [0.2, 0.25) is 0 Å². The van der Waals surface area contributed by atoms with Gasteiger partial charge in [0.25, 0.3) is 0 Å². The van der Waals surface area contributed by atoms with Crippen molar-refractivity contribution >= 4 is 23.8 Å². The van der Waals surface area contributed by atoms with E-state index in [4.69, 9.17) is 9.72 Å². The first-order chi connectivity index (χ1) is 14.2. The second-order valence-electron chi connectivity index (χ2n) is 8.56. The largest absolute Gasteiger partial charge is 0.379 e. The Morgan fingerprint density at radius 1 is 1.10 bits per heavy atom. The SMILES string of the molecule is Cn1cc(-c2cn(S)c3ncc(C4CCC(CN5CCOCC5)CC4)cc23)cn1. The second kappa shape index (κ2) is 8.13. The van der Waals surface area contributed by atoms with Crippen molar-refractivity contribution in [2.75, 3.05) is 32.8 Å². The van der Waals surface area contributed by atoms with Crippen LogP contribution in [0.2, 0.25) is 0 Å². The normalized spacial score (nSPS) is 23.7. The van der Waals surface area contributed by atoms with E-state index in [0.717, 1.165) is 49.0 Å². The highest BCUT2D eigenvalue weighted by molar-refractivity contribution is 7.78. The molecule has 7 heteroatoms. The van der Waals surface area contributed by atoms with Crippen molar-refractivity contribution in [2.24, 2.45) is 13.0 Å². The summed E-state index contributed by atoms with van der Waals surface area (Å²) in [5.41, 5.74) is 4.54. The predicted octanol–water partition coefficient (Wildman–Crippen LogP) is 3.74. The topological polar surface area (TPSA) is 48.1 Å². The van der Waals surface area contributed by atoms with Gasteiger partial charge < -0.3 is 4.74 Å². The van der Waals surface area contributed by atoms with E-state index in [1.165, 1.54) is 43.2 Å². The summed E-state index contributed by atoms with van der Waals surface area (Å²) in [6.45, 7) is 5.22. The Morgan fingerprint density at radius 2 is 1.90 bits per heavy atom. The maximum Gasteiger partial charge on any atom is 0.150 e. The first-order valence-electron chi connectivity index (χ1n) is 10.7. The summed E-state index contributed by atoms with van der Waals surface area (Å²) in [4.78, 5) is 7.34. The van der Waals surface area contributed by atoms with E-state index in [2.05, 4.69) is 35.1 Å². The van der Waals surface area contributed by atoms with Gasteiger partial charge in [0.1, 0.15) is 5.65 Å². The van der Waals surface area contributed by atoms with Crippen molar-refractivity contribution < 1.29 is 4.74 Å². The summed E-state index contributed by atoms with van der Waals surface area (Å²) in [6.07, 6.45) is 13.2. The third kappa shape index (κ3) is 3.96. The van der Waals surface area contributed by atoms with Crippen molar-refractivity contribution in [3.63, 3.8) is 0 Å². The Morgan fingerprint density at radius 3 is 2.62 bits per heavy atom. The fourth-order valence-corrected chi connectivity index (χ4v) is 5.22. The van der Waals surface area contributed by atoms with Gasteiger partial charge >= 0.3 is 0 Å². The molecule has 6 nitrogen and oxygen atoms in total. The van der Waals surface area contributed by atoms with Crippen LogP contribution in [0, 0.1) is 5.92 Å². The predicted molar refractivity (Wildman–Crippen MR) is 118 cm³/mol. The van der Waals surface area contributed by atoms with E-state index in [1.54, 1.807) is 0 Å². The average molecular weight is 412 g/mol. The second-order valence-corrected chi connectivity index (χ2v) is 8.99. The molecular weight excluding hydrogens is 382 g/mol. The maximum absolute atomic E-state index is 5.48. The van der Waals surface area contributed by atoms with Crippen LogP contribution in [0.15, 0.2) is 30.9 Å². The Kier molecular flexibility index (Phi) is 5.37. The minimum absolute atomic E-state index is 0.609. The van der Waals surface area contributed by atoms with Crippen LogP contribution in [0.3, 0.4) is 0 Å². The molecule has 0 spiro atoms. The molecule has 0 unspecified atom stereocenters. The lowest BCUT2D eigenvalue weighted by molar-refractivity contribution is 0.0273. The van der Waals surface area contributed by atoms with Crippen molar-refractivity contribution in [1.29, 1.82) is 0 Å². The zero-order valence-corrected chi connectivity index (χ0v) is 17.9. The summed E-state index contributed by atoms with van der Waals surface area (Å²) in [7, 11) is 1.95. The number of aryl methyl sites for hydroxylation is 1. The zero-order chi connectivity index (χ0) is 19.8. The molecule has 1 aliphatic heterocycles. The summed E-state index contributed by atoms with van der Waals surface area (Å²) in [5.74, 6) is 1.43. The van der Waals surface area contributed by atoms with Gasteiger partial charge in [-0.05, 0) is 49.1 Å². The summed E-state index contributed by atoms with van der Waals surface area (Å²) in [5, 5.41) is 5.50. The van der Waals surface area contributed by atoms with Gasteiger partial charge in [-0.2, -0.15) is 5.10 Å². The van der Waals surface area contributed by atoms with Gasteiger partial charge in [0, 0.05) is 61.8 Å².